The van der Waals surface area contributed by atoms with Gasteiger partial charge in [0.25, 0.3) is 6.01 Å². The Morgan fingerprint density at radius 2 is 2.32 bits per heavy atom. The van der Waals surface area contributed by atoms with Crippen molar-refractivity contribution in [2.75, 3.05) is 30.8 Å². The molecular formula is C14H19N3O2. The quantitative estimate of drug-likeness (QED) is 0.592. The van der Waals surface area contributed by atoms with E-state index in [2.05, 4.69) is 10.3 Å². The summed E-state index contributed by atoms with van der Waals surface area (Å²) in [6.07, 6.45) is 3.63. The van der Waals surface area contributed by atoms with Gasteiger partial charge in [0.05, 0.1) is 0 Å². The van der Waals surface area contributed by atoms with Gasteiger partial charge in [-0.2, -0.15) is 4.98 Å². The van der Waals surface area contributed by atoms with Crippen molar-refractivity contribution in [1.29, 1.82) is 0 Å². The summed E-state index contributed by atoms with van der Waals surface area (Å²) in [6.45, 7) is 2.51. The number of nitrogens with zero attached hydrogens (tertiary/aromatic N) is 1. The molecule has 0 spiro atoms. The van der Waals surface area contributed by atoms with E-state index in [-0.39, 0.29) is 0 Å². The molecule has 1 aromatic carbocycles. The van der Waals surface area contributed by atoms with Gasteiger partial charge in [-0.05, 0) is 37.3 Å². The Morgan fingerprint density at radius 3 is 3.16 bits per heavy atom. The van der Waals surface area contributed by atoms with Crippen LogP contribution in [-0.2, 0) is 4.74 Å². The second-order valence-electron chi connectivity index (χ2n) is 5.04. The third-order valence-corrected chi connectivity index (χ3v) is 3.20. The number of nitrogens with one attached hydrogen (secondary N) is 1. The topological polar surface area (TPSA) is 73.3 Å². The lowest BCUT2D eigenvalue weighted by Crippen LogP contribution is -2.06. The Hall–Kier alpha value is -1.75. The van der Waals surface area contributed by atoms with Gasteiger partial charge in [0, 0.05) is 31.5 Å². The molecule has 19 heavy (non-hydrogen) atoms. The van der Waals surface area contributed by atoms with Crippen LogP contribution in [0.15, 0.2) is 22.6 Å². The molecule has 5 heteroatoms. The smallest absolute Gasteiger partial charge is 0.295 e. The first-order valence-electron chi connectivity index (χ1n) is 6.79. The number of anilines is 2. The lowest BCUT2D eigenvalue weighted by molar-refractivity contribution is 0.124. The molecule has 1 aliphatic rings. The Kier molecular flexibility index (Phi) is 3.55. The van der Waals surface area contributed by atoms with Crippen molar-refractivity contribution in [3.05, 3.63) is 18.2 Å². The largest absolute Gasteiger partial charge is 0.423 e. The normalized spacial score (nSPS) is 14.9. The standard InChI is InChI=1S/C14H19N3O2/c15-11-4-5-12-13(8-11)19-14(17-12)16-6-1-7-18-9-10-2-3-10/h4-5,8,10H,1-3,6-7,9,15H2,(H,16,17). The molecular weight excluding hydrogens is 242 g/mol. The first-order valence-corrected chi connectivity index (χ1v) is 6.79. The van der Waals surface area contributed by atoms with Crippen LogP contribution < -0.4 is 11.1 Å². The van der Waals surface area contributed by atoms with Gasteiger partial charge in [-0.15, -0.1) is 0 Å². The maximum atomic E-state index is 5.69. The molecule has 102 valence electrons. The van der Waals surface area contributed by atoms with E-state index in [0.717, 1.165) is 37.6 Å². The van der Waals surface area contributed by atoms with Crippen LogP contribution in [0.4, 0.5) is 11.7 Å². The summed E-state index contributed by atoms with van der Waals surface area (Å²) in [4.78, 5) is 4.34. The summed E-state index contributed by atoms with van der Waals surface area (Å²) < 4.78 is 11.1. The zero-order valence-electron chi connectivity index (χ0n) is 10.9. The maximum Gasteiger partial charge on any atom is 0.295 e. The zero-order chi connectivity index (χ0) is 13.1. The number of nitrogen functional groups attached to an aromatic ring is 1. The highest BCUT2D eigenvalue weighted by Gasteiger charge is 2.20. The molecule has 0 radical (unpaired) electrons. The van der Waals surface area contributed by atoms with Crippen molar-refractivity contribution in [2.24, 2.45) is 5.92 Å². The molecule has 2 aromatic rings. The summed E-state index contributed by atoms with van der Waals surface area (Å²) in [5.74, 6) is 0.829. The number of ether oxygens (including phenoxy) is 1. The number of hydrogen-bond acceptors (Lipinski definition) is 5. The second kappa shape index (κ2) is 5.48. The number of hydrogen-bond donors (Lipinski definition) is 2. The predicted molar refractivity (Wildman–Crippen MR) is 75.1 cm³/mol. The molecule has 1 aromatic heterocycles. The fourth-order valence-electron chi connectivity index (χ4n) is 1.92. The van der Waals surface area contributed by atoms with Gasteiger partial charge < -0.3 is 20.2 Å². The molecule has 0 aliphatic heterocycles. The molecule has 0 amide bonds. The van der Waals surface area contributed by atoms with E-state index in [1.165, 1.54) is 12.8 Å². The van der Waals surface area contributed by atoms with E-state index in [9.17, 15) is 0 Å². The lowest BCUT2D eigenvalue weighted by Gasteiger charge is -2.03. The van der Waals surface area contributed by atoms with Crippen LogP contribution in [0.5, 0.6) is 0 Å². The van der Waals surface area contributed by atoms with E-state index in [4.69, 9.17) is 14.9 Å². The summed E-state index contributed by atoms with van der Waals surface area (Å²) in [6, 6.07) is 6.01. The molecule has 5 nitrogen and oxygen atoms in total. The Bertz CT molecular complexity index is 549. The minimum Gasteiger partial charge on any atom is -0.423 e. The SMILES string of the molecule is Nc1ccc2nc(NCCCOCC3CC3)oc2c1. The molecule has 0 saturated heterocycles. The number of nitrogens with two attached hydrogens (primary N) is 1. The first-order chi connectivity index (χ1) is 9.31. The third-order valence-electron chi connectivity index (χ3n) is 3.20. The van der Waals surface area contributed by atoms with Crippen LogP contribution in [0.25, 0.3) is 11.1 Å². The van der Waals surface area contributed by atoms with Crippen molar-refractivity contribution < 1.29 is 9.15 Å². The Morgan fingerprint density at radius 1 is 1.42 bits per heavy atom. The third kappa shape index (κ3) is 3.38. The lowest BCUT2D eigenvalue weighted by atomic mass is 10.3. The summed E-state index contributed by atoms with van der Waals surface area (Å²) in [7, 11) is 0. The van der Waals surface area contributed by atoms with Gasteiger partial charge in [-0.25, -0.2) is 0 Å². The number of benzene rings is 1. The summed E-state index contributed by atoms with van der Waals surface area (Å²) >= 11 is 0. The highest BCUT2D eigenvalue weighted by molar-refractivity contribution is 5.77. The predicted octanol–water partition coefficient (Wildman–Crippen LogP) is 2.64. The van der Waals surface area contributed by atoms with Gasteiger partial charge >= 0.3 is 0 Å². The van der Waals surface area contributed by atoms with Crippen molar-refractivity contribution in [3.63, 3.8) is 0 Å². The van der Waals surface area contributed by atoms with E-state index in [1.807, 2.05) is 12.1 Å². The van der Waals surface area contributed by atoms with Crippen molar-refractivity contribution in [3.8, 4) is 0 Å². The first kappa shape index (κ1) is 12.3. The Labute approximate surface area is 112 Å². The Balaban J connectivity index is 1.42. The molecule has 0 bridgehead atoms. The van der Waals surface area contributed by atoms with Gasteiger partial charge in [-0.1, -0.05) is 0 Å². The molecule has 1 heterocycles. The van der Waals surface area contributed by atoms with Crippen LogP contribution in [-0.4, -0.2) is 24.7 Å². The molecule has 3 rings (SSSR count). The van der Waals surface area contributed by atoms with Crippen molar-refractivity contribution >= 4 is 22.8 Å². The second-order valence-corrected chi connectivity index (χ2v) is 5.04. The number of fused-ring (bicyclic) bond motifs is 1. The van der Waals surface area contributed by atoms with E-state index in [1.54, 1.807) is 6.07 Å². The van der Waals surface area contributed by atoms with E-state index < -0.39 is 0 Å². The molecule has 1 fully saturated rings. The average Bonchev–Trinajstić information content (AvgIpc) is 3.13. The molecule has 1 saturated carbocycles. The highest BCUT2D eigenvalue weighted by Crippen LogP contribution is 2.28. The van der Waals surface area contributed by atoms with E-state index in [0.29, 0.717) is 17.3 Å². The summed E-state index contributed by atoms with van der Waals surface area (Å²) in [5.41, 5.74) is 7.91. The van der Waals surface area contributed by atoms with Gasteiger partial charge in [0.1, 0.15) is 5.52 Å². The molecule has 1 aliphatic carbocycles. The fraction of sp³-hybridized carbons (Fsp3) is 0.500. The van der Waals surface area contributed by atoms with Gasteiger partial charge in [0.2, 0.25) is 0 Å². The van der Waals surface area contributed by atoms with Crippen molar-refractivity contribution in [2.45, 2.75) is 19.3 Å². The van der Waals surface area contributed by atoms with Gasteiger partial charge in [0.15, 0.2) is 5.58 Å². The van der Waals surface area contributed by atoms with Crippen LogP contribution in [0.2, 0.25) is 0 Å². The number of rotatable bonds is 7. The minimum atomic E-state index is 0.544. The van der Waals surface area contributed by atoms with Gasteiger partial charge in [-0.3, -0.25) is 0 Å². The van der Waals surface area contributed by atoms with Crippen LogP contribution in [0, 0.1) is 5.92 Å². The number of oxazole rings is 1. The monoisotopic (exact) mass is 261 g/mol. The van der Waals surface area contributed by atoms with E-state index >= 15 is 0 Å². The highest BCUT2D eigenvalue weighted by atomic mass is 16.5. The van der Waals surface area contributed by atoms with Crippen LogP contribution >= 0.6 is 0 Å². The molecule has 3 N–H and O–H groups in total. The molecule has 0 atom stereocenters. The fourth-order valence-corrected chi connectivity index (χ4v) is 1.92. The summed E-state index contributed by atoms with van der Waals surface area (Å²) in [5, 5.41) is 3.16. The molecule has 0 unspecified atom stereocenters. The van der Waals surface area contributed by atoms with Crippen LogP contribution in [0.3, 0.4) is 0 Å². The average molecular weight is 261 g/mol. The maximum absolute atomic E-state index is 5.69. The minimum absolute atomic E-state index is 0.544. The number of aromatic nitrogens is 1. The van der Waals surface area contributed by atoms with Crippen molar-refractivity contribution in [1.82, 2.24) is 4.98 Å². The zero-order valence-corrected chi connectivity index (χ0v) is 10.9. The van der Waals surface area contributed by atoms with Crippen LogP contribution in [0.1, 0.15) is 19.3 Å².